The minimum atomic E-state index is -0.0932. The maximum Gasteiger partial charge on any atom is 0.244 e. The van der Waals surface area contributed by atoms with Crippen molar-refractivity contribution in [1.82, 2.24) is 10.2 Å². The van der Waals surface area contributed by atoms with Gasteiger partial charge in [-0.1, -0.05) is 40.5 Å². The Morgan fingerprint density at radius 1 is 1.20 bits per heavy atom. The number of nitrogens with zero attached hydrogens (tertiary/aromatic N) is 1. The number of hydrogen-bond acceptors (Lipinski definition) is 3. The van der Waals surface area contributed by atoms with Gasteiger partial charge in [0.1, 0.15) is 5.76 Å². The van der Waals surface area contributed by atoms with E-state index in [1.165, 1.54) is 19.3 Å². The van der Waals surface area contributed by atoms with Crippen LogP contribution >= 0.6 is 15.9 Å². The van der Waals surface area contributed by atoms with Crippen LogP contribution < -0.4 is 5.32 Å². The number of carbonyl (C=O) groups is 1. The van der Waals surface area contributed by atoms with Crippen molar-refractivity contribution in [3.63, 3.8) is 0 Å². The van der Waals surface area contributed by atoms with E-state index in [0.29, 0.717) is 6.54 Å². The van der Waals surface area contributed by atoms with Gasteiger partial charge in [0, 0.05) is 17.1 Å². The molecule has 1 atom stereocenters. The number of benzene rings is 1. The number of halogens is 1. The average Bonchev–Trinajstić information content (AvgIpc) is 3.16. The van der Waals surface area contributed by atoms with Gasteiger partial charge in [-0.2, -0.15) is 0 Å². The van der Waals surface area contributed by atoms with Crippen LogP contribution in [0.4, 0.5) is 0 Å². The molecule has 1 saturated heterocycles. The van der Waals surface area contributed by atoms with Gasteiger partial charge in [-0.15, -0.1) is 0 Å². The van der Waals surface area contributed by atoms with E-state index in [1.807, 2.05) is 42.5 Å². The van der Waals surface area contributed by atoms with Crippen LogP contribution in [0.15, 0.2) is 57.6 Å². The fourth-order valence-electron chi connectivity index (χ4n) is 3.15. The minimum absolute atomic E-state index is 0.0932. The lowest BCUT2D eigenvalue weighted by Gasteiger charge is -2.33. The van der Waals surface area contributed by atoms with Crippen molar-refractivity contribution in [2.75, 3.05) is 19.6 Å². The molecule has 132 valence electrons. The number of likely N-dealkylation sites (tertiary alicyclic amines) is 1. The van der Waals surface area contributed by atoms with Gasteiger partial charge in [-0.25, -0.2) is 0 Å². The van der Waals surface area contributed by atoms with Gasteiger partial charge in [-0.05, 0) is 55.8 Å². The van der Waals surface area contributed by atoms with Gasteiger partial charge < -0.3 is 9.73 Å². The number of furan rings is 1. The fraction of sp³-hybridized carbons (Fsp3) is 0.350. The molecule has 1 aliphatic heterocycles. The number of piperidine rings is 1. The Kier molecular flexibility index (Phi) is 6.48. The van der Waals surface area contributed by atoms with Crippen LogP contribution in [0.5, 0.6) is 0 Å². The smallest absolute Gasteiger partial charge is 0.244 e. The number of amides is 1. The monoisotopic (exact) mass is 402 g/mol. The molecule has 1 aromatic heterocycles. The Balaban J connectivity index is 1.60. The van der Waals surface area contributed by atoms with Crippen molar-refractivity contribution >= 4 is 27.9 Å². The molecule has 1 amide bonds. The Bertz CT molecular complexity index is 706. The normalized spacial score (nSPS) is 16.8. The molecule has 2 aromatic rings. The summed E-state index contributed by atoms with van der Waals surface area (Å²) < 4.78 is 6.58. The van der Waals surface area contributed by atoms with Crippen molar-refractivity contribution in [1.29, 1.82) is 0 Å². The first-order chi connectivity index (χ1) is 12.2. The van der Waals surface area contributed by atoms with E-state index in [2.05, 4.69) is 26.1 Å². The lowest BCUT2D eigenvalue weighted by Crippen LogP contribution is -2.40. The molecule has 0 aliphatic carbocycles. The summed E-state index contributed by atoms with van der Waals surface area (Å²) in [5.74, 6) is 0.821. The highest BCUT2D eigenvalue weighted by Crippen LogP contribution is 2.24. The minimum Gasteiger partial charge on any atom is -0.468 e. The van der Waals surface area contributed by atoms with E-state index in [1.54, 1.807) is 12.3 Å². The average molecular weight is 403 g/mol. The Morgan fingerprint density at radius 2 is 2.00 bits per heavy atom. The standard InChI is InChI=1S/C20H23BrN2O2/c21-17-8-3-2-7-16(17)10-11-20(24)22-15-18(19-9-6-14-25-19)23-12-4-1-5-13-23/h2-3,6-11,14,18H,1,4-5,12-13,15H2,(H,22,24)/b11-10+. The van der Waals surface area contributed by atoms with Crippen LogP contribution in [-0.2, 0) is 4.79 Å². The largest absolute Gasteiger partial charge is 0.468 e. The zero-order valence-corrected chi connectivity index (χ0v) is 15.7. The van der Waals surface area contributed by atoms with Gasteiger partial charge in [0.15, 0.2) is 0 Å². The SMILES string of the molecule is O=C(/C=C/c1ccccc1Br)NCC(c1ccco1)N1CCCCC1. The molecule has 1 fully saturated rings. The third-order valence-electron chi connectivity index (χ3n) is 4.49. The van der Waals surface area contributed by atoms with Gasteiger partial charge in [0.05, 0.1) is 12.3 Å². The molecule has 25 heavy (non-hydrogen) atoms. The van der Waals surface area contributed by atoms with E-state index < -0.39 is 0 Å². The molecule has 3 rings (SSSR count). The number of nitrogens with one attached hydrogen (secondary N) is 1. The summed E-state index contributed by atoms with van der Waals surface area (Å²) >= 11 is 3.48. The molecule has 0 spiro atoms. The zero-order valence-electron chi connectivity index (χ0n) is 14.2. The van der Waals surface area contributed by atoms with Crippen LogP contribution in [0.1, 0.15) is 36.6 Å². The molecule has 0 bridgehead atoms. The molecule has 1 unspecified atom stereocenters. The summed E-state index contributed by atoms with van der Waals surface area (Å²) in [5, 5.41) is 3.02. The van der Waals surface area contributed by atoms with Crippen molar-refractivity contribution in [2.45, 2.75) is 25.3 Å². The summed E-state index contributed by atoms with van der Waals surface area (Å²) in [7, 11) is 0. The third kappa shape index (κ3) is 5.06. The second-order valence-electron chi connectivity index (χ2n) is 6.23. The highest BCUT2D eigenvalue weighted by Gasteiger charge is 2.24. The van der Waals surface area contributed by atoms with Crippen molar-refractivity contribution < 1.29 is 9.21 Å². The van der Waals surface area contributed by atoms with Crippen LogP contribution in [0.3, 0.4) is 0 Å². The molecule has 0 saturated carbocycles. The summed E-state index contributed by atoms with van der Waals surface area (Å²) in [5.41, 5.74) is 0.983. The first-order valence-electron chi connectivity index (χ1n) is 8.72. The first kappa shape index (κ1) is 18.0. The topological polar surface area (TPSA) is 45.5 Å². The molecule has 1 N–H and O–H groups in total. The third-order valence-corrected chi connectivity index (χ3v) is 5.21. The summed E-state index contributed by atoms with van der Waals surface area (Å²) in [6, 6.07) is 11.8. The van der Waals surface area contributed by atoms with Gasteiger partial charge >= 0.3 is 0 Å². The lowest BCUT2D eigenvalue weighted by molar-refractivity contribution is -0.116. The van der Waals surface area contributed by atoms with E-state index in [4.69, 9.17) is 4.42 Å². The number of hydrogen-bond donors (Lipinski definition) is 1. The van der Waals surface area contributed by atoms with Crippen molar-refractivity contribution in [3.05, 3.63) is 64.5 Å². The summed E-state index contributed by atoms with van der Waals surface area (Å²) in [6.07, 6.45) is 8.78. The molecule has 1 aromatic carbocycles. The predicted molar refractivity (Wildman–Crippen MR) is 103 cm³/mol. The maximum absolute atomic E-state index is 12.2. The summed E-state index contributed by atoms with van der Waals surface area (Å²) in [4.78, 5) is 14.6. The zero-order chi connectivity index (χ0) is 17.5. The molecular formula is C20H23BrN2O2. The molecule has 0 radical (unpaired) electrons. The van der Waals surface area contributed by atoms with Crippen LogP contribution in [0, 0.1) is 0 Å². The predicted octanol–water partition coefficient (Wildman–Crippen LogP) is 4.40. The highest BCUT2D eigenvalue weighted by atomic mass is 79.9. The molecule has 2 heterocycles. The second kappa shape index (κ2) is 9.02. The highest BCUT2D eigenvalue weighted by molar-refractivity contribution is 9.10. The maximum atomic E-state index is 12.2. The van der Waals surface area contributed by atoms with Crippen molar-refractivity contribution in [3.8, 4) is 0 Å². The fourth-order valence-corrected chi connectivity index (χ4v) is 3.57. The molecule has 1 aliphatic rings. The quantitative estimate of drug-likeness (QED) is 0.728. The lowest BCUT2D eigenvalue weighted by atomic mass is 10.1. The first-order valence-corrected chi connectivity index (χ1v) is 9.51. The van der Waals surface area contributed by atoms with Gasteiger partial charge in [0.2, 0.25) is 5.91 Å². The summed E-state index contributed by atoms with van der Waals surface area (Å²) in [6.45, 7) is 2.65. The van der Waals surface area contributed by atoms with Gasteiger partial charge in [0.25, 0.3) is 0 Å². The van der Waals surface area contributed by atoms with Crippen LogP contribution in [0.25, 0.3) is 6.08 Å². The van der Waals surface area contributed by atoms with E-state index in [9.17, 15) is 4.79 Å². The molecular weight excluding hydrogens is 380 g/mol. The number of rotatable bonds is 6. The van der Waals surface area contributed by atoms with Crippen LogP contribution in [-0.4, -0.2) is 30.4 Å². The van der Waals surface area contributed by atoms with Crippen LogP contribution in [0.2, 0.25) is 0 Å². The molecule has 4 nitrogen and oxygen atoms in total. The Morgan fingerprint density at radius 3 is 2.72 bits per heavy atom. The van der Waals surface area contributed by atoms with Crippen molar-refractivity contribution in [2.24, 2.45) is 0 Å². The number of carbonyl (C=O) groups excluding carboxylic acids is 1. The van der Waals surface area contributed by atoms with E-state index in [-0.39, 0.29) is 11.9 Å². The van der Waals surface area contributed by atoms with E-state index >= 15 is 0 Å². The second-order valence-corrected chi connectivity index (χ2v) is 7.08. The van der Waals surface area contributed by atoms with E-state index in [0.717, 1.165) is 28.9 Å². The Hall–Kier alpha value is -1.85. The van der Waals surface area contributed by atoms with Gasteiger partial charge in [-0.3, -0.25) is 9.69 Å². The molecule has 5 heteroatoms. The Labute approximate surface area is 157 Å².